The SMILES string of the molecule is O=c1oc2ccccc2c2cc(-c3ccccc3)nc(NCc3ccccc3)c12. The zero-order valence-electron chi connectivity index (χ0n) is 15.6. The Morgan fingerprint density at radius 3 is 2.28 bits per heavy atom. The van der Waals surface area contributed by atoms with E-state index in [1.165, 1.54) is 0 Å². The van der Waals surface area contributed by atoms with Gasteiger partial charge in [-0.25, -0.2) is 9.78 Å². The van der Waals surface area contributed by atoms with Crippen LogP contribution in [0, 0.1) is 0 Å². The minimum absolute atomic E-state index is 0.388. The van der Waals surface area contributed by atoms with Gasteiger partial charge in [-0.3, -0.25) is 0 Å². The first-order chi connectivity index (χ1) is 14.3. The van der Waals surface area contributed by atoms with E-state index in [0.29, 0.717) is 23.3 Å². The molecule has 29 heavy (non-hydrogen) atoms. The molecule has 0 aliphatic rings. The van der Waals surface area contributed by atoms with Crippen molar-refractivity contribution < 1.29 is 4.42 Å². The van der Waals surface area contributed by atoms with Crippen molar-refractivity contribution in [2.75, 3.05) is 5.32 Å². The fourth-order valence-electron chi connectivity index (χ4n) is 3.56. The van der Waals surface area contributed by atoms with Crippen LogP contribution >= 0.6 is 0 Å². The number of nitrogens with zero attached hydrogens (tertiary/aromatic N) is 1. The third-order valence-corrected chi connectivity index (χ3v) is 4.98. The normalized spacial score (nSPS) is 11.0. The van der Waals surface area contributed by atoms with Crippen molar-refractivity contribution in [1.82, 2.24) is 4.98 Å². The Morgan fingerprint density at radius 1 is 0.793 bits per heavy atom. The largest absolute Gasteiger partial charge is 0.422 e. The maximum atomic E-state index is 12.8. The molecule has 2 heterocycles. The second-order valence-corrected chi connectivity index (χ2v) is 6.87. The molecule has 4 heteroatoms. The van der Waals surface area contributed by atoms with Gasteiger partial charge in [0.15, 0.2) is 0 Å². The number of benzene rings is 3. The van der Waals surface area contributed by atoms with Crippen molar-refractivity contribution in [2.45, 2.75) is 6.54 Å². The van der Waals surface area contributed by atoms with E-state index in [0.717, 1.165) is 27.6 Å². The Labute approximate surface area is 167 Å². The molecule has 0 unspecified atom stereocenters. The van der Waals surface area contributed by atoms with Crippen molar-refractivity contribution in [3.05, 3.63) is 107 Å². The van der Waals surface area contributed by atoms with E-state index in [-0.39, 0.29) is 5.63 Å². The lowest BCUT2D eigenvalue weighted by Gasteiger charge is -2.12. The summed E-state index contributed by atoms with van der Waals surface area (Å²) in [6.45, 7) is 0.563. The van der Waals surface area contributed by atoms with Gasteiger partial charge in [-0.1, -0.05) is 78.9 Å². The van der Waals surface area contributed by atoms with Gasteiger partial charge >= 0.3 is 5.63 Å². The first-order valence-corrected chi connectivity index (χ1v) is 9.49. The second kappa shape index (κ2) is 7.24. The standard InChI is InChI=1S/C25H18N2O2/c28-25-23-20(19-13-7-8-14-22(19)29-25)15-21(18-11-5-2-6-12-18)27-24(23)26-16-17-9-3-1-4-10-17/h1-15H,16H2,(H,26,27). The molecule has 5 aromatic rings. The van der Waals surface area contributed by atoms with Gasteiger partial charge in [0.2, 0.25) is 0 Å². The quantitative estimate of drug-likeness (QED) is 0.326. The molecule has 140 valence electrons. The summed E-state index contributed by atoms with van der Waals surface area (Å²) in [4.78, 5) is 17.6. The van der Waals surface area contributed by atoms with Crippen LogP contribution < -0.4 is 10.9 Å². The van der Waals surface area contributed by atoms with Crippen LogP contribution in [-0.4, -0.2) is 4.98 Å². The summed E-state index contributed by atoms with van der Waals surface area (Å²) in [7, 11) is 0. The van der Waals surface area contributed by atoms with Gasteiger partial charge in [0, 0.05) is 22.9 Å². The van der Waals surface area contributed by atoms with Crippen LogP contribution in [0.25, 0.3) is 33.0 Å². The molecule has 0 fully saturated rings. The average Bonchev–Trinajstić information content (AvgIpc) is 2.78. The Morgan fingerprint density at radius 2 is 1.48 bits per heavy atom. The van der Waals surface area contributed by atoms with Crippen molar-refractivity contribution >= 4 is 27.6 Å². The number of pyridine rings is 1. The topological polar surface area (TPSA) is 55.1 Å². The lowest BCUT2D eigenvalue weighted by Crippen LogP contribution is -2.09. The molecule has 0 aliphatic heterocycles. The van der Waals surface area contributed by atoms with Gasteiger partial charge in [-0.2, -0.15) is 0 Å². The summed E-state index contributed by atoms with van der Waals surface area (Å²) in [5.74, 6) is 0.532. The van der Waals surface area contributed by atoms with Crippen molar-refractivity contribution in [3.8, 4) is 11.3 Å². The van der Waals surface area contributed by atoms with E-state index in [9.17, 15) is 4.79 Å². The number of fused-ring (bicyclic) bond motifs is 3. The number of nitrogens with one attached hydrogen (secondary N) is 1. The molecule has 0 atom stereocenters. The molecule has 0 bridgehead atoms. The Bertz CT molecular complexity index is 1360. The second-order valence-electron chi connectivity index (χ2n) is 6.87. The van der Waals surface area contributed by atoms with Crippen LogP contribution in [0.4, 0.5) is 5.82 Å². The average molecular weight is 378 g/mol. The Balaban J connectivity index is 1.75. The molecular formula is C25H18N2O2. The fourth-order valence-corrected chi connectivity index (χ4v) is 3.56. The molecule has 5 rings (SSSR count). The number of hydrogen-bond donors (Lipinski definition) is 1. The van der Waals surface area contributed by atoms with E-state index in [1.807, 2.05) is 91.0 Å². The number of rotatable bonds is 4. The van der Waals surface area contributed by atoms with E-state index in [1.54, 1.807) is 0 Å². The van der Waals surface area contributed by atoms with Gasteiger partial charge in [0.05, 0.1) is 5.69 Å². The zero-order chi connectivity index (χ0) is 19.6. The monoisotopic (exact) mass is 378 g/mol. The predicted octanol–water partition coefficient (Wildman–Crippen LogP) is 5.62. The van der Waals surface area contributed by atoms with Gasteiger partial charge in [-0.15, -0.1) is 0 Å². The lowest BCUT2D eigenvalue weighted by molar-refractivity contribution is 0.569. The Hall–Kier alpha value is -3.92. The highest BCUT2D eigenvalue weighted by Crippen LogP contribution is 2.31. The molecule has 0 amide bonds. The predicted molar refractivity (Wildman–Crippen MR) is 117 cm³/mol. The lowest BCUT2D eigenvalue weighted by atomic mass is 10.0. The summed E-state index contributed by atoms with van der Waals surface area (Å²) in [5.41, 5.74) is 3.10. The molecule has 3 aromatic carbocycles. The number of para-hydroxylation sites is 1. The van der Waals surface area contributed by atoms with Crippen LogP contribution in [0.1, 0.15) is 5.56 Å². The summed E-state index contributed by atoms with van der Waals surface area (Å²) >= 11 is 0. The van der Waals surface area contributed by atoms with Crippen molar-refractivity contribution in [2.24, 2.45) is 0 Å². The first kappa shape index (κ1) is 17.2. The highest BCUT2D eigenvalue weighted by molar-refractivity contribution is 6.09. The minimum Gasteiger partial charge on any atom is -0.422 e. The highest BCUT2D eigenvalue weighted by atomic mass is 16.4. The molecule has 0 aliphatic carbocycles. The number of hydrogen-bond acceptors (Lipinski definition) is 4. The van der Waals surface area contributed by atoms with E-state index in [2.05, 4.69) is 5.32 Å². The third-order valence-electron chi connectivity index (χ3n) is 4.98. The van der Waals surface area contributed by atoms with Crippen molar-refractivity contribution in [1.29, 1.82) is 0 Å². The zero-order valence-corrected chi connectivity index (χ0v) is 15.6. The molecule has 2 aromatic heterocycles. The fraction of sp³-hybridized carbons (Fsp3) is 0.0400. The summed E-state index contributed by atoms with van der Waals surface area (Å²) in [5, 5.41) is 5.55. The van der Waals surface area contributed by atoms with Gasteiger partial charge in [-0.05, 0) is 17.7 Å². The molecule has 0 radical (unpaired) electrons. The third kappa shape index (κ3) is 3.25. The molecule has 0 spiro atoms. The van der Waals surface area contributed by atoms with E-state index >= 15 is 0 Å². The van der Waals surface area contributed by atoms with Crippen LogP contribution in [0.2, 0.25) is 0 Å². The molecule has 0 saturated heterocycles. The van der Waals surface area contributed by atoms with Crippen molar-refractivity contribution in [3.63, 3.8) is 0 Å². The van der Waals surface area contributed by atoms with Crippen LogP contribution in [0.3, 0.4) is 0 Å². The van der Waals surface area contributed by atoms with Gasteiger partial charge in [0.25, 0.3) is 0 Å². The van der Waals surface area contributed by atoms with Crippen LogP contribution in [0.15, 0.2) is 100 Å². The summed E-state index contributed by atoms with van der Waals surface area (Å²) in [6, 6.07) is 29.6. The minimum atomic E-state index is -0.388. The Kier molecular flexibility index (Phi) is 4.30. The molecular weight excluding hydrogens is 360 g/mol. The van der Waals surface area contributed by atoms with Gasteiger partial charge < -0.3 is 9.73 Å². The number of aromatic nitrogens is 1. The summed E-state index contributed by atoms with van der Waals surface area (Å²) in [6.07, 6.45) is 0. The number of anilines is 1. The van der Waals surface area contributed by atoms with E-state index < -0.39 is 0 Å². The first-order valence-electron chi connectivity index (χ1n) is 9.49. The molecule has 1 N–H and O–H groups in total. The van der Waals surface area contributed by atoms with Crippen LogP contribution in [-0.2, 0) is 6.54 Å². The molecule has 4 nitrogen and oxygen atoms in total. The van der Waals surface area contributed by atoms with Crippen LogP contribution in [0.5, 0.6) is 0 Å². The van der Waals surface area contributed by atoms with E-state index in [4.69, 9.17) is 9.40 Å². The maximum Gasteiger partial charge on any atom is 0.347 e. The summed E-state index contributed by atoms with van der Waals surface area (Å²) < 4.78 is 5.58. The highest BCUT2D eigenvalue weighted by Gasteiger charge is 2.15. The maximum absolute atomic E-state index is 12.8. The molecule has 0 saturated carbocycles. The smallest absolute Gasteiger partial charge is 0.347 e. The van der Waals surface area contributed by atoms with Gasteiger partial charge in [0.1, 0.15) is 16.8 Å².